The zero-order chi connectivity index (χ0) is 12.5. The topological polar surface area (TPSA) is 60.1 Å². The summed E-state index contributed by atoms with van der Waals surface area (Å²) in [6.07, 6.45) is 3.24. The van der Waals surface area contributed by atoms with Crippen LogP contribution in [0.5, 0.6) is 0 Å². The molecule has 5 nitrogen and oxygen atoms in total. The highest BCUT2D eigenvalue weighted by molar-refractivity contribution is 5.77. The molecule has 17 heavy (non-hydrogen) atoms. The molecule has 0 unspecified atom stereocenters. The summed E-state index contributed by atoms with van der Waals surface area (Å²) in [5.41, 5.74) is 5.68. The smallest absolute Gasteiger partial charge is 0.191 e. The lowest BCUT2D eigenvalue weighted by Crippen LogP contribution is -2.63. The summed E-state index contributed by atoms with van der Waals surface area (Å²) in [5.74, 6) is 0.569. The molecule has 2 rings (SSSR count). The molecule has 0 amide bonds. The van der Waals surface area contributed by atoms with Gasteiger partial charge in [0.25, 0.3) is 0 Å². The third kappa shape index (κ3) is 2.13. The fourth-order valence-electron chi connectivity index (χ4n) is 2.70. The van der Waals surface area contributed by atoms with E-state index >= 15 is 0 Å². The van der Waals surface area contributed by atoms with Crippen molar-refractivity contribution in [1.82, 2.24) is 4.90 Å². The average molecular weight is 241 g/mol. The van der Waals surface area contributed by atoms with Crippen molar-refractivity contribution in [3.8, 4) is 0 Å². The fourth-order valence-corrected chi connectivity index (χ4v) is 2.70. The minimum Gasteiger partial charge on any atom is -0.375 e. The van der Waals surface area contributed by atoms with Crippen molar-refractivity contribution >= 4 is 5.96 Å². The number of aliphatic imine (C=N–C) groups is 1. The van der Waals surface area contributed by atoms with Crippen molar-refractivity contribution in [3.63, 3.8) is 0 Å². The maximum atomic E-state index is 5.93. The first-order valence-electron chi connectivity index (χ1n) is 6.36. The van der Waals surface area contributed by atoms with Gasteiger partial charge in [0.2, 0.25) is 0 Å². The van der Waals surface area contributed by atoms with Crippen LogP contribution in [0.25, 0.3) is 0 Å². The Balaban J connectivity index is 2.08. The van der Waals surface area contributed by atoms with Gasteiger partial charge in [-0.3, -0.25) is 0 Å². The van der Waals surface area contributed by atoms with Crippen LogP contribution in [0.2, 0.25) is 0 Å². The second-order valence-corrected chi connectivity index (χ2v) is 4.98. The Morgan fingerprint density at radius 2 is 2.35 bits per heavy atom. The number of guanidine groups is 1. The van der Waals surface area contributed by atoms with Crippen molar-refractivity contribution in [2.75, 3.05) is 27.3 Å². The first-order chi connectivity index (χ1) is 8.10. The molecule has 1 heterocycles. The number of nitrogens with two attached hydrogens (primary N) is 1. The summed E-state index contributed by atoms with van der Waals surface area (Å²) >= 11 is 0. The molecule has 0 radical (unpaired) electrons. The molecule has 98 valence electrons. The van der Waals surface area contributed by atoms with Gasteiger partial charge in [-0.15, -0.1) is 0 Å². The molecule has 0 aromatic heterocycles. The van der Waals surface area contributed by atoms with Gasteiger partial charge in [-0.25, -0.2) is 4.99 Å². The monoisotopic (exact) mass is 241 g/mol. The van der Waals surface area contributed by atoms with Crippen molar-refractivity contribution in [1.29, 1.82) is 0 Å². The van der Waals surface area contributed by atoms with E-state index in [1.165, 1.54) is 0 Å². The van der Waals surface area contributed by atoms with E-state index < -0.39 is 0 Å². The molecular weight excluding hydrogens is 218 g/mol. The summed E-state index contributed by atoms with van der Waals surface area (Å²) in [6.45, 7) is 3.57. The molecule has 2 aliphatic rings. The highest BCUT2D eigenvalue weighted by atomic mass is 16.6. The van der Waals surface area contributed by atoms with E-state index in [0.717, 1.165) is 32.5 Å². The summed E-state index contributed by atoms with van der Waals surface area (Å²) in [4.78, 5) is 6.39. The van der Waals surface area contributed by atoms with Crippen molar-refractivity contribution in [2.24, 2.45) is 10.7 Å². The third-order valence-electron chi connectivity index (χ3n) is 3.74. The van der Waals surface area contributed by atoms with Crippen LogP contribution in [-0.4, -0.2) is 55.9 Å². The maximum Gasteiger partial charge on any atom is 0.191 e. The molecule has 0 aromatic rings. The zero-order valence-electron chi connectivity index (χ0n) is 11.0. The Labute approximate surface area is 103 Å². The van der Waals surface area contributed by atoms with Crippen LogP contribution in [0.4, 0.5) is 0 Å². The lowest BCUT2D eigenvalue weighted by Gasteiger charge is -2.50. The molecule has 1 aliphatic heterocycles. The number of ether oxygens (including phenoxy) is 2. The van der Waals surface area contributed by atoms with E-state index in [1.54, 1.807) is 0 Å². The summed E-state index contributed by atoms with van der Waals surface area (Å²) in [7, 11) is 3.80. The molecule has 0 aromatic carbocycles. The van der Waals surface area contributed by atoms with Crippen molar-refractivity contribution < 1.29 is 9.47 Å². The predicted molar refractivity (Wildman–Crippen MR) is 67.0 cm³/mol. The summed E-state index contributed by atoms with van der Waals surface area (Å²) < 4.78 is 11.7. The number of rotatable bonds is 3. The molecular formula is C12H23N3O2. The molecule has 1 spiro atoms. The van der Waals surface area contributed by atoms with Gasteiger partial charge < -0.3 is 20.1 Å². The zero-order valence-corrected chi connectivity index (χ0v) is 11.0. The van der Waals surface area contributed by atoms with E-state index in [9.17, 15) is 0 Å². The van der Waals surface area contributed by atoms with Gasteiger partial charge in [0, 0.05) is 33.7 Å². The van der Waals surface area contributed by atoms with Crippen LogP contribution in [0.3, 0.4) is 0 Å². The Bertz CT molecular complexity index is 298. The average Bonchev–Trinajstić information content (AvgIpc) is 2.79. The highest BCUT2D eigenvalue weighted by Crippen LogP contribution is 2.47. The predicted octanol–water partition coefficient (Wildman–Crippen LogP) is 0.589. The van der Waals surface area contributed by atoms with Crippen LogP contribution in [0, 0.1) is 0 Å². The van der Waals surface area contributed by atoms with Gasteiger partial charge in [-0.05, 0) is 19.8 Å². The minimum absolute atomic E-state index is 0.156. The van der Waals surface area contributed by atoms with Crippen molar-refractivity contribution in [3.05, 3.63) is 0 Å². The number of nitrogens with zero attached hydrogens (tertiary/aromatic N) is 2. The van der Waals surface area contributed by atoms with E-state index in [2.05, 4.69) is 4.99 Å². The molecule has 0 bridgehead atoms. The standard InChI is InChI=1S/C12H23N3O2/c1-4-16-10-8-9(14-11(13)15(2)3)12(10)6-5-7-17-12/h9-10H,4-8H2,1-3H3,(H2,13,14)/t9-,10-,12+/m1/s1. The van der Waals surface area contributed by atoms with Gasteiger partial charge in [0.1, 0.15) is 5.60 Å². The van der Waals surface area contributed by atoms with E-state index in [4.69, 9.17) is 15.2 Å². The molecule has 3 atom stereocenters. The van der Waals surface area contributed by atoms with Gasteiger partial charge >= 0.3 is 0 Å². The molecule has 2 fully saturated rings. The second kappa shape index (κ2) is 4.82. The third-order valence-corrected chi connectivity index (χ3v) is 3.74. The highest BCUT2D eigenvalue weighted by Gasteiger charge is 2.59. The lowest BCUT2D eigenvalue weighted by molar-refractivity contribution is -0.189. The van der Waals surface area contributed by atoms with Crippen LogP contribution in [-0.2, 0) is 9.47 Å². The normalized spacial score (nSPS) is 37.2. The maximum absolute atomic E-state index is 5.93. The Hall–Kier alpha value is -0.810. The Kier molecular flexibility index (Phi) is 3.58. The first-order valence-corrected chi connectivity index (χ1v) is 6.36. The number of hydrogen-bond donors (Lipinski definition) is 1. The van der Waals surface area contributed by atoms with Crippen LogP contribution in [0.1, 0.15) is 26.2 Å². The molecule has 1 saturated carbocycles. The van der Waals surface area contributed by atoms with Crippen LogP contribution in [0.15, 0.2) is 4.99 Å². The minimum atomic E-state index is -0.198. The van der Waals surface area contributed by atoms with E-state index in [0.29, 0.717) is 5.96 Å². The van der Waals surface area contributed by atoms with Gasteiger partial charge in [0.15, 0.2) is 5.96 Å². The first kappa shape index (κ1) is 12.6. The molecule has 1 saturated heterocycles. The summed E-state index contributed by atoms with van der Waals surface area (Å²) in [5, 5.41) is 0. The lowest BCUT2D eigenvalue weighted by atomic mass is 9.70. The van der Waals surface area contributed by atoms with Crippen molar-refractivity contribution in [2.45, 2.75) is 43.9 Å². The quantitative estimate of drug-likeness (QED) is 0.580. The Morgan fingerprint density at radius 3 is 2.88 bits per heavy atom. The van der Waals surface area contributed by atoms with E-state index in [1.807, 2.05) is 25.9 Å². The second-order valence-electron chi connectivity index (χ2n) is 4.98. The van der Waals surface area contributed by atoms with E-state index in [-0.39, 0.29) is 17.7 Å². The van der Waals surface area contributed by atoms with Gasteiger partial charge in [-0.2, -0.15) is 0 Å². The summed E-state index contributed by atoms with van der Waals surface area (Å²) in [6, 6.07) is 0.156. The van der Waals surface area contributed by atoms with Crippen LogP contribution < -0.4 is 5.73 Å². The molecule has 5 heteroatoms. The number of hydrogen-bond acceptors (Lipinski definition) is 3. The van der Waals surface area contributed by atoms with Gasteiger partial charge in [0.05, 0.1) is 12.1 Å². The fraction of sp³-hybridized carbons (Fsp3) is 0.917. The SMILES string of the molecule is CCO[C@@H]1C[C@@H](N=C(N)N(C)C)[C@@]12CCCO2. The van der Waals surface area contributed by atoms with Crippen LogP contribution >= 0.6 is 0 Å². The molecule has 2 N–H and O–H groups in total. The largest absolute Gasteiger partial charge is 0.375 e. The molecule has 1 aliphatic carbocycles. The Morgan fingerprint density at radius 1 is 1.59 bits per heavy atom. The van der Waals surface area contributed by atoms with Gasteiger partial charge in [-0.1, -0.05) is 0 Å².